The number of rotatable bonds is 8. The van der Waals surface area contributed by atoms with Crippen LogP contribution in [0.25, 0.3) is 11.3 Å². The molecule has 1 aliphatic carbocycles. The van der Waals surface area contributed by atoms with E-state index < -0.39 is 10.0 Å². The lowest BCUT2D eigenvalue weighted by Gasteiger charge is -2.36. The molecular weight excluding hydrogens is 514 g/mol. The third kappa shape index (κ3) is 5.71. The Balaban J connectivity index is 1.20. The van der Waals surface area contributed by atoms with Crippen LogP contribution in [0.1, 0.15) is 12.8 Å². The lowest BCUT2D eigenvalue weighted by molar-refractivity contribution is -0.131. The normalized spacial score (nSPS) is 16.2. The van der Waals surface area contributed by atoms with E-state index >= 15 is 0 Å². The molecule has 1 saturated heterocycles. The number of halogens is 1. The van der Waals surface area contributed by atoms with Crippen molar-refractivity contribution in [2.24, 2.45) is 0 Å². The van der Waals surface area contributed by atoms with E-state index in [0.717, 1.165) is 35.7 Å². The SMILES string of the molecule is COc1cccc(-c2ccc(N3CCN(C(=O)CN(C4CC4)S(=O)(=O)c4ccc(Cl)cc4)CC3)nn2)c1. The van der Waals surface area contributed by atoms with E-state index in [1.165, 1.54) is 16.4 Å². The van der Waals surface area contributed by atoms with Gasteiger partial charge in [-0.3, -0.25) is 4.79 Å². The van der Waals surface area contributed by atoms with Crippen molar-refractivity contribution in [3.63, 3.8) is 0 Å². The maximum Gasteiger partial charge on any atom is 0.243 e. The van der Waals surface area contributed by atoms with Crippen molar-refractivity contribution in [3.05, 3.63) is 65.7 Å². The van der Waals surface area contributed by atoms with Crippen LogP contribution in [-0.4, -0.2) is 79.6 Å². The molecule has 2 heterocycles. The Labute approximate surface area is 221 Å². The van der Waals surface area contributed by atoms with E-state index in [1.807, 2.05) is 36.4 Å². The second kappa shape index (κ2) is 10.6. The fourth-order valence-electron chi connectivity index (χ4n) is 4.36. The zero-order valence-electron chi connectivity index (χ0n) is 20.5. The highest BCUT2D eigenvalue weighted by atomic mass is 35.5. The topological polar surface area (TPSA) is 95.9 Å². The van der Waals surface area contributed by atoms with Crippen LogP contribution in [0.15, 0.2) is 65.6 Å². The van der Waals surface area contributed by atoms with Crippen molar-refractivity contribution in [3.8, 4) is 17.0 Å². The molecule has 0 unspecified atom stereocenters. The van der Waals surface area contributed by atoms with Crippen LogP contribution in [-0.2, 0) is 14.8 Å². The second-order valence-corrected chi connectivity index (χ2v) is 11.4. The van der Waals surface area contributed by atoms with Gasteiger partial charge in [-0.1, -0.05) is 23.7 Å². The number of benzene rings is 2. The Morgan fingerprint density at radius 2 is 1.76 bits per heavy atom. The molecule has 0 atom stereocenters. The molecule has 3 aromatic rings. The fourth-order valence-corrected chi connectivity index (χ4v) is 6.12. The number of hydrogen-bond donors (Lipinski definition) is 0. The summed E-state index contributed by atoms with van der Waals surface area (Å²) in [5, 5.41) is 9.23. The number of ether oxygens (including phenoxy) is 1. The molecule has 194 valence electrons. The number of sulfonamides is 1. The largest absolute Gasteiger partial charge is 0.497 e. The molecule has 1 aliphatic heterocycles. The van der Waals surface area contributed by atoms with Crippen molar-refractivity contribution in [2.75, 3.05) is 44.7 Å². The summed E-state index contributed by atoms with van der Waals surface area (Å²) in [4.78, 5) is 17.1. The zero-order valence-corrected chi connectivity index (χ0v) is 22.0. The molecule has 1 aromatic heterocycles. The molecule has 9 nitrogen and oxygen atoms in total. The maximum absolute atomic E-state index is 13.2. The summed E-state index contributed by atoms with van der Waals surface area (Å²) >= 11 is 5.92. The van der Waals surface area contributed by atoms with E-state index in [1.54, 1.807) is 24.1 Å². The Morgan fingerprint density at radius 3 is 2.38 bits per heavy atom. The van der Waals surface area contributed by atoms with Crippen molar-refractivity contribution in [2.45, 2.75) is 23.8 Å². The quantitative estimate of drug-likeness (QED) is 0.431. The minimum absolute atomic E-state index is 0.135. The first kappa shape index (κ1) is 25.4. The average Bonchev–Trinajstić information content (AvgIpc) is 3.77. The Hall–Kier alpha value is -3.21. The summed E-state index contributed by atoms with van der Waals surface area (Å²) < 4.78 is 33.1. The van der Waals surface area contributed by atoms with Crippen LogP contribution >= 0.6 is 11.6 Å². The minimum atomic E-state index is -3.78. The lowest BCUT2D eigenvalue weighted by Crippen LogP contribution is -2.52. The summed E-state index contributed by atoms with van der Waals surface area (Å²) in [6.45, 7) is 1.98. The van der Waals surface area contributed by atoms with Gasteiger partial charge < -0.3 is 14.5 Å². The highest BCUT2D eigenvalue weighted by Crippen LogP contribution is 2.32. The molecule has 0 N–H and O–H groups in total. The molecule has 11 heteroatoms. The van der Waals surface area contributed by atoms with Gasteiger partial charge in [0.25, 0.3) is 0 Å². The van der Waals surface area contributed by atoms with Gasteiger partial charge in [0.1, 0.15) is 5.75 Å². The van der Waals surface area contributed by atoms with Crippen molar-refractivity contribution >= 4 is 33.3 Å². The Kier molecular flexibility index (Phi) is 7.32. The second-order valence-electron chi connectivity index (χ2n) is 9.11. The molecule has 2 aliphatic rings. The van der Waals surface area contributed by atoms with Gasteiger partial charge >= 0.3 is 0 Å². The average molecular weight is 542 g/mol. The molecule has 0 bridgehead atoms. The summed E-state index contributed by atoms with van der Waals surface area (Å²) in [6.07, 6.45) is 1.52. The van der Waals surface area contributed by atoms with Gasteiger partial charge in [-0.15, -0.1) is 10.2 Å². The van der Waals surface area contributed by atoms with Crippen molar-refractivity contribution < 1.29 is 17.9 Å². The van der Waals surface area contributed by atoms with E-state index in [4.69, 9.17) is 16.3 Å². The molecule has 1 amide bonds. The molecule has 2 aromatic carbocycles. The number of methoxy groups -OCH3 is 1. The van der Waals surface area contributed by atoms with Crippen LogP contribution < -0.4 is 9.64 Å². The van der Waals surface area contributed by atoms with Crippen molar-refractivity contribution in [1.82, 2.24) is 19.4 Å². The van der Waals surface area contributed by atoms with Gasteiger partial charge in [-0.2, -0.15) is 4.31 Å². The molecular formula is C26H28ClN5O4S. The van der Waals surface area contributed by atoms with E-state index in [9.17, 15) is 13.2 Å². The van der Waals surface area contributed by atoms with Crippen LogP contribution in [0.2, 0.25) is 5.02 Å². The Bertz CT molecular complexity index is 1360. The van der Waals surface area contributed by atoms with E-state index in [0.29, 0.717) is 31.2 Å². The van der Waals surface area contributed by atoms with Gasteiger partial charge in [0.15, 0.2) is 5.82 Å². The van der Waals surface area contributed by atoms with Gasteiger partial charge in [-0.25, -0.2) is 8.42 Å². The summed E-state index contributed by atoms with van der Waals surface area (Å²) in [6, 6.07) is 17.4. The van der Waals surface area contributed by atoms with Crippen LogP contribution in [0.4, 0.5) is 5.82 Å². The molecule has 37 heavy (non-hydrogen) atoms. The first-order chi connectivity index (χ1) is 17.8. The van der Waals surface area contributed by atoms with Crippen molar-refractivity contribution in [1.29, 1.82) is 0 Å². The zero-order chi connectivity index (χ0) is 26.0. The number of carbonyl (C=O) groups excluding carboxylic acids is 1. The predicted molar refractivity (Wildman–Crippen MR) is 141 cm³/mol. The van der Waals surface area contributed by atoms with E-state index in [2.05, 4.69) is 15.1 Å². The molecule has 5 rings (SSSR count). The predicted octanol–water partition coefficient (Wildman–Crippen LogP) is 3.31. The number of carbonyl (C=O) groups is 1. The minimum Gasteiger partial charge on any atom is -0.497 e. The molecule has 0 spiro atoms. The summed E-state index contributed by atoms with van der Waals surface area (Å²) in [5.74, 6) is 1.30. The monoisotopic (exact) mass is 541 g/mol. The van der Waals surface area contributed by atoms with Gasteiger partial charge in [-0.05, 0) is 61.4 Å². The first-order valence-corrected chi connectivity index (χ1v) is 14.0. The lowest BCUT2D eigenvalue weighted by atomic mass is 10.1. The maximum atomic E-state index is 13.2. The Morgan fingerprint density at radius 1 is 1.03 bits per heavy atom. The van der Waals surface area contributed by atoms with Gasteiger partial charge in [0.05, 0.1) is 24.2 Å². The first-order valence-electron chi connectivity index (χ1n) is 12.1. The summed E-state index contributed by atoms with van der Waals surface area (Å²) in [7, 11) is -2.16. The third-order valence-corrected chi connectivity index (χ3v) is 8.80. The number of hydrogen-bond acceptors (Lipinski definition) is 7. The number of aromatic nitrogens is 2. The number of anilines is 1. The smallest absolute Gasteiger partial charge is 0.243 e. The number of nitrogens with zero attached hydrogens (tertiary/aromatic N) is 5. The van der Waals surface area contributed by atoms with E-state index in [-0.39, 0.29) is 23.4 Å². The van der Waals surface area contributed by atoms with Crippen LogP contribution in [0.5, 0.6) is 5.75 Å². The highest BCUT2D eigenvalue weighted by Gasteiger charge is 2.40. The molecule has 2 fully saturated rings. The standard InChI is InChI=1S/C26H28ClN5O4S/c1-36-22-4-2-3-19(17-22)24-11-12-25(29-28-24)30-13-15-31(16-14-30)26(33)18-32(21-7-8-21)37(34,35)23-9-5-20(27)6-10-23/h2-6,9-12,17,21H,7-8,13-16,18H2,1H3. The highest BCUT2D eigenvalue weighted by molar-refractivity contribution is 7.89. The third-order valence-electron chi connectivity index (χ3n) is 6.64. The van der Waals surface area contributed by atoms with Gasteiger partial charge in [0, 0.05) is 42.8 Å². The van der Waals surface area contributed by atoms with Crippen LogP contribution in [0.3, 0.4) is 0 Å². The number of piperazine rings is 1. The van der Waals surface area contributed by atoms with Crippen LogP contribution in [0, 0.1) is 0 Å². The fraction of sp³-hybridized carbons (Fsp3) is 0.346. The summed E-state index contributed by atoms with van der Waals surface area (Å²) in [5.41, 5.74) is 1.67. The number of amides is 1. The molecule has 1 saturated carbocycles. The van der Waals surface area contributed by atoms with Gasteiger partial charge in [0.2, 0.25) is 15.9 Å². The molecule has 0 radical (unpaired) electrons.